The van der Waals surface area contributed by atoms with Gasteiger partial charge in [-0.3, -0.25) is 9.48 Å². The number of ether oxygens (including phenoxy) is 1. The number of hydrogen-bond donors (Lipinski definition) is 1. The van der Waals surface area contributed by atoms with Crippen LogP contribution in [0.25, 0.3) is 10.8 Å². The van der Waals surface area contributed by atoms with Gasteiger partial charge >= 0.3 is 0 Å². The molecule has 4 rings (SSSR count). The van der Waals surface area contributed by atoms with E-state index < -0.39 is 0 Å². The Bertz CT molecular complexity index is 881. The van der Waals surface area contributed by atoms with E-state index >= 15 is 0 Å². The highest BCUT2D eigenvalue weighted by molar-refractivity contribution is 5.93. The third kappa shape index (κ3) is 3.88. The van der Waals surface area contributed by atoms with Gasteiger partial charge in [0, 0.05) is 12.8 Å². The van der Waals surface area contributed by atoms with Crippen molar-refractivity contribution in [2.24, 2.45) is 0 Å². The van der Waals surface area contributed by atoms with Crippen LogP contribution in [0, 0.1) is 0 Å². The van der Waals surface area contributed by atoms with Crippen molar-refractivity contribution in [3.63, 3.8) is 0 Å². The van der Waals surface area contributed by atoms with Gasteiger partial charge in [0.2, 0.25) is 5.91 Å². The topological polar surface area (TPSA) is 56.2 Å². The summed E-state index contributed by atoms with van der Waals surface area (Å²) in [6.45, 7) is 1.57. The molecule has 5 nitrogen and oxygen atoms in total. The summed E-state index contributed by atoms with van der Waals surface area (Å²) in [6.07, 6.45) is 6.32. The first-order chi connectivity index (χ1) is 12.3. The highest BCUT2D eigenvalue weighted by atomic mass is 16.5. The van der Waals surface area contributed by atoms with Crippen LogP contribution in [0.15, 0.2) is 54.9 Å². The number of carbonyl (C=O) groups is 1. The molecule has 5 heteroatoms. The van der Waals surface area contributed by atoms with Gasteiger partial charge < -0.3 is 10.1 Å². The van der Waals surface area contributed by atoms with Crippen molar-refractivity contribution in [3.05, 3.63) is 60.4 Å². The van der Waals surface area contributed by atoms with Gasteiger partial charge in [0.25, 0.3) is 0 Å². The van der Waals surface area contributed by atoms with Crippen LogP contribution >= 0.6 is 0 Å². The van der Waals surface area contributed by atoms with E-state index in [0.717, 1.165) is 42.6 Å². The van der Waals surface area contributed by atoms with Crippen molar-refractivity contribution < 1.29 is 9.53 Å². The third-order valence-corrected chi connectivity index (χ3v) is 4.51. The fourth-order valence-electron chi connectivity index (χ4n) is 3.26. The van der Waals surface area contributed by atoms with E-state index in [4.69, 9.17) is 4.74 Å². The standard InChI is InChI=1S/C20H21N3O2/c24-20(11-15-7-8-16-4-1-2-5-17(16)10-15)22-18-12-21-23(13-18)14-19-6-3-9-25-19/h1-2,4-5,7-8,10,12-13,19H,3,6,9,11,14H2,(H,22,24). The summed E-state index contributed by atoms with van der Waals surface area (Å²) >= 11 is 0. The number of rotatable bonds is 5. The van der Waals surface area contributed by atoms with Crippen molar-refractivity contribution >= 4 is 22.4 Å². The van der Waals surface area contributed by atoms with Crippen molar-refractivity contribution in [2.75, 3.05) is 11.9 Å². The molecule has 0 spiro atoms. The number of aromatic nitrogens is 2. The van der Waals surface area contributed by atoms with E-state index in [-0.39, 0.29) is 12.0 Å². The Kier molecular flexibility index (Phi) is 4.48. The maximum absolute atomic E-state index is 12.3. The lowest BCUT2D eigenvalue weighted by molar-refractivity contribution is -0.115. The predicted molar refractivity (Wildman–Crippen MR) is 97.5 cm³/mol. The van der Waals surface area contributed by atoms with Gasteiger partial charge in [-0.15, -0.1) is 0 Å². The van der Waals surface area contributed by atoms with Crippen LogP contribution in [-0.2, 0) is 22.5 Å². The summed E-state index contributed by atoms with van der Waals surface area (Å²) in [5, 5.41) is 9.56. The first kappa shape index (κ1) is 15.8. The van der Waals surface area contributed by atoms with Crippen LogP contribution in [0.1, 0.15) is 18.4 Å². The number of nitrogens with one attached hydrogen (secondary N) is 1. The van der Waals surface area contributed by atoms with E-state index in [1.54, 1.807) is 6.20 Å². The molecule has 25 heavy (non-hydrogen) atoms. The van der Waals surface area contributed by atoms with E-state index in [2.05, 4.69) is 34.7 Å². The van der Waals surface area contributed by atoms with E-state index in [0.29, 0.717) is 6.42 Å². The SMILES string of the molecule is O=C(Cc1ccc2ccccc2c1)Nc1cnn(CC2CCCO2)c1. The Hall–Kier alpha value is -2.66. The predicted octanol–water partition coefficient (Wildman–Crippen LogP) is 3.40. The van der Waals surface area contributed by atoms with Gasteiger partial charge in [0.05, 0.1) is 31.0 Å². The summed E-state index contributed by atoms with van der Waals surface area (Å²) in [5.41, 5.74) is 1.73. The first-order valence-electron chi connectivity index (χ1n) is 8.68. The van der Waals surface area contributed by atoms with Crippen molar-refractivity contribution in [2.45, 2.75) is 31.9 Å². The van der Waals surface area contributed by atoms with Gasteiger partial charge in [0.15, 0.2) is 0 Å². The molecule has 1 unspecified atom stereocenters. The van der Waals surface area contributed by atoms with Crippen LogP contribution in [0.2, 0.25) is 0 Å². The molecule has 0 radical (unpaired) electrons. The van der Waals surface area contributed by atoms with Crippen LogP contribution in [0.4, 0.5) is 5.69 Å². The molecular weight excluding hydrogens is 314 g/mol. The number of fused-ring (bicyclic) bond motifs is 1. The highest BCUT2D eigenvalue weighted by Crippen LogP contribution is 2.17. The number of nitrogens with zero attached hydrogens (tertiary/aromatic N) is 2. The second-order valence-corrected chi connectivity index (χ2v) is 6.49. The number of hydrogen-bond acceptors (Lipinski definition) is 3. The summed E-state index contributed by atoms with van der Waals surface area (Å²) < 4.78 is 7.45. The molecule has 1 amide bonds. The zero-order valence-corrected chi connectivity index (χ0v) is 14.0. The van der Waals surface area contributed by atoms with Gasteiger partial charge in [-0.1, -0.05) is 42.5 Å². The van der Waals surface area contributed by atoms with E-state index in [1.807, 2.05) is 29.1 Å². The van der Waals surface area contributed by atoms with Gasteiger partial charge in [-0.25, -0.2) is 0 Å². The molecule has 1 fully saturated rings. The van der Waals surface area contributed by atoms with Gasteiger partial charge in [-0.2, -0.15) is 5.10 Å². The van der Waals surface area contributed by atoms with E-state index in [1.165, 1.54) is 5.39 Å². The second-order valence-electron chi connectivity index (χ2n) is 6.49. The summed E-state index contributed by atoms with van der Waals surface area (Å²) in [5.74, 6) is -0.0352. The zero-order chi connectivity index (χ0) is 17.1. The molecule has 1 aliphatic rings. The van der Waals surface area contributed by atoms with Crippen molar-refractivity contribution in [3.8, 4) is 0 Å². The number of carbonyl (C=O) groups excluding carboxylic acids is 1. The molecule has 1 atom stereocenters. The second kappa shape index (κ2) is 7.07. The van der Waals surface area contributed by atoms with Gasteiger partial charge in [-0.05, 0) is 29.2 Å². The van der Waals surface area contributed by atoms with Crippen LogP contribution in [0.5, 0.6) is 0 Å². The molecule has 1 saturated heterocycles. The lowest BCUT2D eigenvalue weighted by Gasteiger charge is -2.08. The largest absolute Gasteiger partial charge is 0.376 e. The highest BCUT2D eigenvalue weighted by Gasteiger charge is 2.16. The maximum atomic E-state index is 12.3. The van der Waals surface area contributed by atoms with Crippen molar-refractivity contribution in [1.82, 2.24) is 9.78 Å². The molecule has 2 heterocycles. The van der Waals surface area contributed by atoms with Crippen LogP contribution < -0.4 is 5.32 Å². The monoisotopic (exact) mass is 335 g/mol. The third-order valence-electron chi connectivity index (χ3n) is 4.51. The average molecular weight is 335 g/mol. The van der Waals surface area contributed by atoms with E-state index in [9.17, 15) is 4.79 Å². The Balaban J connectivity index is 1.37. The Morgan fingerprint density at radius 2 is 2.12 bits per heavy atom. The fourth-order valence-corrected chi connectivity index (χ4v) is 3.26. The smallest absolute Gasteiger partial charge is 0.228 e. The minimum Gasteiger partial charge on any atom is -0.376 e. The molecule has 1 N–H and O–H groups in total. The molecule has 128 valence electrons. The van der Waals surface area contributed by atoms with Gasteiger partial charge in [0.1, 0.15) is 0 Å². The molecule has 2 aromatic carbocycles. The summed E-state index contributed by atoms with van der Waals surface area (Å²) in [4.78, 5) is 12.3. The molecule has 1 aliphatic heterocycles. The van der Waals surface area contributed by atoms with Crippen LogP contribution in [0.3, 0.4) is 0 Å². The zero-order valence-electron chi connectivity index (χ0n) is 14.0. The average Bonchev–Trinajstić information content (AvgIpc) is 3.27. The minimum absolute atomic E-state index is 0.0352. The lowest BCUT2D eigenvalue weighted by Crippen LogP contribution is -2.15. The molecular formula is C20H21N3O2. The van der Waals surface area contributed by atoms with Crippen LogP contribution in [-0.4, -0.2) is 28.4 Å². The molecule has 0 aliphatic carbocycles. The quantitative estimate of drug-likeness (QED) is 0.777. The summed E-state index contributed by atoms with van der Waals surface area (Å²) in [7, 11) is 0. The first-order valence-corrected chi connectivity index (χ1v) is 8.68. The maximum Gasteiger partial charge on any atom is 0.228 e. The Morgan fingerprint density at radius 3 is 2.96 bits per heavy atom. The molecule has 0 bridgehead atoms. The normalized spacial score (nSPS) is 17.0. The minimum atomic E-state index is -0.0352. The molecule has 0 saturated carbocycles. The Labute approximate surface area is 146 Å². The number of anilines is 1. The Morgan fingerprint density at radius 1 is 1.24 bits per heavy atom. The van der Waals surface area contributed by atoms with Crippen molar-refractivity contribution in [1.29, 1.82) is 0 Å². The number of amides is 1. The molecule has 3 aromatic rings. The lowest BCUT2D eigenvalue weighted by atomic mass is 10.0. The number of benzene rings is 2. The fraction of sp³-hybridized carbons (Fsp3) is 0.300. The summed E-state index contributed by atoms with van der Waals surface area (Å²) in [6, 6.07) is 14.3. The molecule has 1 aromatic heterocycles.